The van der Waals surface area contributed by atoms with Gasteiger partial charge < -0.3 is 20.1 Å². The second kappa shape index (κ2) is 6.27. The SMILES string of the molecule is COc1ccc(NC(=O)Nc2ccc3cn[nH]c3c2)c(OC)c1. The second-order valence-corrected chi connectivity index (χ2v) is 4.82. The van der Waals surface area contributed by atoms with Gasteiger partial charge in [0.2, 0.25) is 0 Å². The molecule has 0 radical (unpaired) electrons. The highest BCUT2D eigenvalue weighted by Crippen LogP contribution is 2.29. The number of rotatable bonds is 4. The molecule has 0 saturated carbocycles. The summed E-state index contributed by atoms with van der Waals surface area (Å²) >= 11 is 0. The third-order valence-corrected chi connectivity index (χ3v) is 3.36. The van der Waals surface area contributed by atoms with Crippen molar-refractivity contribution in [2.24, 2.45) is 0 Å². The number of urea groups is 1. The highest BCUT2D eigenvalue weighted by molar-refractivity contribution is 6.01. The van der Waals surface area contributed by atoms with E-state index in [-0.39, 0.29) is 6.03 Å². The van der Waals surface area contributed by atoms with Gasteiger partial charge in [-0.05, 0) is 30.3 Å². The van der Waals surface area contributed by atoms with Gasteiger partial charge in [-0.2, -0.15) is 5.10 Å². The average molecular weight is 312 g/mol. The molecule has 0 atom stereocenters. The normalized spacial score (nSPS) is 10.3. The Hall–Kier alpha value is -3.22. The Morgan fingerprint density at radius 1 is 1.09 bits per heavy atom. The maximum absolute atomic E-state index is 12.1. The number of hydrogen-bond donors (Lipinski definition) is 3. The summed E-state index contributed by atoms with van der Waals surface area (Å²) < 4.78 is 10.4. The first-order valence-corrected chi connectivity index (χ1v) is 6.93. The van der Waals surface area contributed by atoms with Crippen molar-refractivity contribution in [1.82, 2.24) is 10.2 Å². The predicted molar refractivity (Wildman–Crippen MR) is 88.3 cm³/mol. The number of fused-ring (bicyclic) bond motifs is 1. The van der Waals surface area contributed by atoms with E-state index >= 15 is 0 Å². The molecule has 1 aromatic heterocycles. The van der Waals surface area contributed by atoms with Crippen molar-refractivity contribution in [2.75, 3.05) is 24.9 Å². The van der Waals surface area contributed by atoms with Gasteiger partial charge in [-0.25, -0.2) is 4.79 Å². The lowest BCUT2D eigenvalue weighted by molar-refractivity contribution is 0.262. The number of aromatic amines is 1. The molecular weight excluding hydrogens is 296 g/mol. The Kier molecular flexibility index (Phi) is 4.01. The Morgan fingerprint density at radius 2 is 1.96 bits per heavy atom. The minimum absolute atomic E-state index is 0.368. The van der Waals surface area contributed by atoms with Crippen molar-refractivity contribution in [3.8, 4) is 11.5 Å². The van der Waals surface area contributed by atoms with Crippen LogP contribution in [0.1, 0.15) is 0 Å². The number of H-pyrrole nitrogens is 1. The van der Waals surface area contributed by atoms with Crippen molar-refractivity contribution in [2.45, 2.75) is 0 Å². The molecular formula is C16H16N4O3. The van der Waals surface area contributed by atoms with Gasteiger partial charge in [-0.3, -0.25) is 5.10 Å². The number of nitrogens with one attached hydrogen (secondary N) is 3. The van der Waals surface area contributed by atoms with Crippen LogP contribution in [-0.2, 0) is 0 Å². The molecule has 0 spiro atoms. The quantitative estimate of drug-likeness (QED) is 0.690. The molecule has 7 heteroatoms. The molecule has 0 saturated heterocycles. The molecule has 3 N–H and O–H groups in total. The zero-order valence-corrected chi connectivity index (χ0v) is 12.7. The van der Waals surface area contributed by atoms with Crippen LogP contribution in [0.3, 0.4) is 0 Å². The van der Waals surface area contributed by atoms with Gasteiger partial charge in [0.15, 0.2) is 0 Å². The van der Waals surface area contributed by atoms with E-state index in [0.717, 1.165) is 10.9 Å². The van der Waals surface area contributed by atoms with Crippen LogP contribution in [0.5, 0.6) is 11.5 Å². The van der Waals surface area contributed by atoms with Crippen LogP contribution in [0.25, 0.3) is 10.9 Å². The number of anilines is 2. The standard InChI is InChI=1S/C16H16N4O3/c1-22-12-5-6-13(15(8-12)23-2)19-16(21)18-11-4-3-10-9-17-20-14(10)7-11/h3-9H,1-2H3,(H,17,20)(H2,18,19,21). The molecule has 118 valence electrons. The Balaban J connectivity index is 1.73. The fraction of sp³-hybridized carbons (Fsp3) is 0.125. The van der Waals surface area contributed by atoms with E-state index in [4.69, 9.17) is 9.47 Å². The zero-order chi connectivity index (χ0) is 16.2. The largest absolute Gasteiger partial charge is 0.497 e. The highest BCUT2D eigenvalue weighted by atomic mass is 16.5. The van der Waals surface area contributed by atoms with Gasteiger partial charge in [-0.1, -0.05) is 0 Å². The molecule has 2 amide bonds. The minimum atomic E-state index is -0.368. The molecule has 7 nitrogen and oxygen atoms in total. The van der Waals surface area contributed by atoms with Crippen molar-refractivity contribution in [3.05, 3.63) is 42.6 Å². The molecule has 23 heavy (non-hydrogen) atoms. The molecule has 1 heterocycles. The summed E-state index contributed by atoms with van der Waals surface area (Å²) in [4.78, 5) is 12.1. The van der Waals surface area contributed by atoms with Crippen LogP contribution >= 0.6 is 0 Å². The second-order valence-electron chi connectivity index (χ2n) is 4.82. The molecule has 0 aliphatic rings. The maximum Gasteiger partial charge on any atom is 0.323 e. The summed E-state index contributed by atoms with van der Waals surface area (Å²) in [6, 6.07) is 10.3. The lowest BCUT2D eigenvalue weighted by Gasteiger charge is -2.12. The Bertz CT molecular complexity index is 844. The summed E-state index contributed by atoms with van der Waals surface area (Å²) in [5.41, 5.74) is 2.06. The highest BCUT2D eigenvalue weighted by Gasteiger charge is 2.09. The van der Waals surface area contributed by atoms with Crippen LogP contribution in [0.15, 0.2) is 42.6 Å². The molecule has 3 rings (SSSR count). The summed E-state index contributed by atoms with van der Waals surface area (Å²) in [6.45, 7) is 0. The average Bonchev–Trinajstić information content (AvgIpc) is 3.02. The van der Waals surface area contributed by atoms with Gasteiger partial charge in [0, 0.05) is 17.1 Å². The third-order valence-electron chi connectivity index (χ3n) is 3.36. The van der Waals surface area contributed by atoms with E-state index in [1.807, 2.05) is 18.2 Å². The monoisotopic (exact) mass is 312 g/mol. The van der Waals surface area contributed by atoms with Crippen LogP contribution in [-0.4, -0.2) is 30.4 Å². The minimum Gasteiger partial charge on any atom is -0.497 e. The Labute approximate surface area is 132 Å². The van der Waals surface area contributed by atoms with Crippen molar-refractivity contribution in [1.29, 1.82) is 0 Å². The van der Waals surface area contributed by atoms with Crippen LogP contribution in [0.4, 0.5) is 16.2 Å². The molecule has 2 aromatic carbocycles. The van der Waals surface area contributed by atoms with Crippen molar-refractivity contribution in [3.63, 3.8) is 0 Å². The first-order valence-electron chi connectivity index (χ1n) is 6.93. The van der Waals surface area contributed by atoms with Gasteiger partial charge in [0.25, 0.3) is 0 Å². The van der Waals surface area contributed by atoms with Crippen molar-refractivity contribution >= 4 is 28.3 Å². The third kappa shape index (κ3) is 3.18. The van der Waals surface area contributed by atoms with E-state index in [1.54, 1.807) is 31.5 Å². The first-order chi connectivity index (χ1) is 11.2. The fourth-order valence-electron chi connectivity index (χ4n) is 2.20. The number of amides is 2. The van der Waals surface area contributed by atoms with Crippen LogP contribution in [0, 0.1) is 0 Å². The molecule has 3 aromatic rings. The van der Waals surface area contributed by atoms with Crippen LogP contribution in [0.2, 0.25) is 0 Å². The topological polar surface area (TPSA) is 88.3 Å². The van der Waals surface area contributed by atoms with E-state index in [2.05, 4.69) is 20.8 Å². The lowest BCUT2D eigenvalue weighted by Crippen LogP contribution is -2.19. The zero-order valence-electron chi connectivity index (χ0n) is 12.7. The summed E-state index contributed by atoms with van der Waals surface area (Å²) in [6.07, 6.45) is 1.72. The maximum atomic E-state index is 12.1. The number of ether oxygens (including phenoxy) is 2. The summed E-state index contributed by atoms with van der Waals surface area (Å²) in [5.74, 6) is 1.17. The predicted octanol–water partition coefficient (Wildman–Crippen LogP) is 3.22. The summed E-state index contributed by atoms with van der Waals surface area (Å²) in [5, 5.41) is 13.3. The van der Waals surface area contributed by atoms with Gasteiger partial charge in [0.1, 0.15) is 11.5 Å². The Morgan fingerprint density at radius 3 is 2.74 bits per heavy atom. The number of carbonyl (C=O) groups excluding carboxylic acids is 1. The van der Waals surface area contributed by atoms with Crippen LogP contribution < -0.4 is 20.1 Å². The van der Waals surface area contributed by atoms with Gasteiger partial charge >= 0.3 is 6.03 Å². The van der Waals surface area contributed by atoms with Gasteiger partial charge in [0.05, 0.1) is 31.6 Å². The lowest BCUT2D eigenvalue weighted by atomic mass is 10.2. The van der Waals surface area contributed by atoms with E-state index < -0.39 is 0 Å². The molecule has 0 aliphatic heterocycles. The smallest absolute Gasteiger partial charge is 0.323 e. The first kappa shape index (κ1) is 14.7. The van der Waals surface area contributed by atoms with E-state index in [1.165, 1.54) is 7.11 Å². The van der Waals surface area contributed by atoms with E-state index in [9.17, 15) is 4.79 Å². The summed E-state index contributed by atoms with van der Waals surface area (Å²) in [7, 11) is 3.10. The molecule has 0 bridgehead atoms. The fourth-order valence-corrected chi connectivity index (χ4v) is 2.20. The number of nitrogens with zero attached hydrogens (tertiary/aromatic N) is 1. The molecule has 0 unspecified atom stereocenters. The number of methoxy groups -OCH3 is 2. The molecule has 0 fully saturated rings. The van der Waals surface area contributed by atoms with E-state index in [0.29, 0.717) is 22.9 Å². The number of carbonyl (C=O) groups is 1. The number of aromatic nitrogens is 2. The van der Waals surface area contributed by atoms with Crippen molar-refractivity contribution < 1.29 is 14.3 Å². The number of hydrogen-bond acceptors (Lipinski definition) is 4. The number of benzene rings is 2. The van der Waals surface area contributed by atoms with Gasteiger partial charge in [-0.15, -0.1) is 0 Å². The molecule has 0 aliphatic carbocycles.